The van der Waals surface area contributed by atoms with Crippen molar-refractivity contribution < 1.29 is 4.79 Å². The SMILES string of the molecule is CSc1nc2nc(C)c(CCC(=O)NCCCN3CCCCC3)c(C)n2n1. The second-order valence-electron chi connectivity index (χ2n) is 7.18. The normalized spacial score (nSPS) is 15.4. The van der Waals surface area contributed by atoms with E-state index in [9.17, 15) is 4.79 Å². The molecule has 3 heterocycles. The Morgan fingerprint density at radius 2 is 1.96 bits per heavy atom. The zero-order chi connectivity index (χ0) is 19.2. The van der Waals surface area contributed by atoms with Gasteiger partial charge < -0.3 is 10.2 Å². The van der Waals surface area contributed by atoms with Crippen LogP contribution in [0.25, 0.3) is 5.78 Å². The van der Waals surface area contributed by atoms with E-state index in [-0.39, 0.29) is 5.91 Å². The van der Waals surface area contributed by atoms with Crippen molar-refractivity contribution in [1.82, 2.24) is 29.8 Å². The maximum absolute atomic E-state index is 12.2. The number of fused-ring (bicyclic) bond motifs is 1. The number of hydrogen-bond donors (Lipinski definition) is 1. The van der Waals surface area contributed by atoms with E-state index in [4.69, 9.17) is 0 Å². The lowest BCUT2D eigenvalue weighted by molar-refractivity contribution is -0.121. The van der Waals surface area contributed by atoms with Crippen molar-refractivity contribution in [2.45, 2.75) is 57.5 Å². The van der Waals surface area contributed by atoms with E-state index in [0.29, 0.717) is 23.8 Å². The van der Waals surface area contributed by atoms with E-state index in [0.717, 1.165) is 36.5 Å². The number of nitrogens with one attached hydrogen (secondary N) is 1. The van der Waals surface area contributed by atoms with Crippen LogP contribution in [-0.2, 0) is 11.2 Å². The average Bonchev–Trinajstić information content (AvgIpc) is 3.09. The molecule has 0 bridgehead atoms. The highest BCUT2D eigenvalue weighted by molar-refractivity contribution is 7.98. The first-order chi connectivity index (χ1) is 13.1. The van der Waals surface area contributed by atoms with Crippen LogP contribution in [-0.4, -0.2) is 62.8 Å². The van der Waals surface area contributed by atoms with Gasteiger partial charge in [0.05, 0.1) is 0 Å². The first-order valence-corrected chi connectivity index (χ1v) is 11.1. The molecule has 0 saturated carbocycles. The van der Waals surface area contributed by atoms with Crippen molar-refractivity contribution in [3.05, 3.63) is 17.0 Å². The lowest BCUT2D eigenvalue weighted by Gasteiger charge is -2.26. The van der Waals surface area contributed by atoms with Crippen LogP contribution in [0, 0.1) is 13.8 Å². The molecule has 0 radical (unpaired) electrons. The van der Waals surface area contributed by atoms with E-state index < -0.39 is 0 Å². The van der Waals surface area contributed by atoms with E-state index in [2.05, 4.69) is 25.3 Å². The maximum atomic E-state index is 12.2. The Labute approximate surface area is 165 Å². The Morgan fingerprint density at radius 1 is 1.19 bits per heavy atom. The van der Waals surface area contributed by atoms with Crippen LogP contribution >= 0.6 is 11.8 Å². The fraction of sp³-hybridized carbons (Fsp3) is 0.684. The summed E-state index contributed by atoms with van der Waals surface area (Å²) < 4.78 is 1.78. The van der Waals surface area contributed by atoms with Gasteiger partial charge in [0, 0.05) is 24.4 Å². The van der Waals surface area contributed by atoms with Gasteiger partial charge >= 0.3 is 0 Å². The van der Waals surface area contributed by atoms with E-state index in [1.165, 1.54) is 44.1 Å². The minimum atomic E-state index is 0.107. The molecule has 0 atom stereocenters. The summed E-state index contributed by atoms with van der Waals surface area (Å²) >= 11 is 1.50. The van der Waals surface area contributed by atoms with Gasteiger partial charge in [0.2, 0.25) is 11.1 Å². The molecule has 1 N–H and O–H groups in total. The van der Waals surface area contributed by atoms with Crippen LogP contribution in [0.5, 0.6) is 0 Å². The molecule has 2 aromatic heterocycles. The third-order valence-corrected chi connectivity index (χ3v) is 5.77. The van der Waals surface area contributed by atoms with Gasteiger partial charge in [-0.25, -0.2) is 9.50 Å². The second kappa shape index (κ2) is 9.50. The number of amides is 1. The van der Waals surface area contributed by atoms with Crippen LogP contribution in [0.2, 0.25) is 0 Å². The van der Waals surface area contributed by atoms with Gasteiger partial charge in [0.1, 0.15) is 0 Å². The van der Waals surface area contributed by atoms with Crippen LogP contribution in [0.15, 0.2) is 5.16 Å². The molecule has 0 unspecified atom stereocenters. The number of nitrogens with zero attached hydrogens (tertiary/aromatic N) is 5. The van der Waals surface area contributed by atoms with Crippen molar-refractivity contribution in [3.8, 4) is 0 Å². The molecular formula is C19H30N6OS. The number of thioether (sulfide) groups is 1. The fourth-order valence-corrected chi connectivity index (χ4v) is 4.01. The number of aromatic nitrogens is 4. The number of carbonyl (C=O) groups excluding carboxylic acids is 1. The highest BCUT2D eigenvalue weighted by Crippen LogP contribution is 2.18. The topological polar surface area (TPSA) is 75.4 Å². The van der Waals surface area contributed by atoms with E-state index in [1.54, 1.807) is 4.52 Å². The molecule has 1 fully saturated rings. The molecule has 2 aromatic rings. The number of piperidine rings is 1. The molecule has 1 aliphatic heterocycles. The number of likely N-dealkylation sites (tertiary alicyclic amines) is 1. The number of rotatable bonds is 8. The van der Waals surface area contributed by atoms with Gasteiger partial charge in [-0.3, -0.25) is 4.79 Å². The van der Waals surface area contributed by atoms with Gasteiger partial charge in [-0.15, -0.1) is 5.10 Å². The summed E-state index contributed by atoms with van der Waals surface area (Å²) in [4.78, 5) is 23.7. The molecule has 7 nitrogen and oxygen atoms in total. The van der Waals surface area contributed by atoms with Crippen molar-refractivity contribution in [2.24, 2.45) is 0 Å². The molecule has 3 rings (SSSR count). The Morgan fingerprint density at radius 3 is 2.70 bits per heavy atom. The summed E-state index contributed by atoms with van der Waals surface area (Å²) in [6.07, 6.45) is 8.11. The molecule has 0 aromatic carbocycles. The van der Waals surface area contributed by atoms with Crippen LogP contribution in [0.1, 0.15) is 49.1 Å². The Balaban J connectivity index is 1.48. The molecule has 1 aliphatic rings. The minimum Gasteiger partial charge on any atom is -0.356 e. The molecule has 8 heteroatoms. The highest BCUT2D eigenvalue weighted by Gasteiger charge is 2.14. The molecular weight excluding hydrogens is 360 g/mol. The lowest BCUT2D eigenvalue weighted by atomic mass is 10.1. The predicted molar refractivity (Wildman–Crippen MR) is 108 cm³/mol. The third-order valence-electron chi connectivity index (χ3n) is 5.24. The Bertz CT molecular complexity index is 784. The Kier molecular flexibility index (Phi) is 7.07. The second-order valence-corrected chi connectivity index (χ2v) is 7.95. The molecule has 1 saturated heterocycles. The summed E-state index contributed by atoms with van der Waals surface area (Å²) in [7, 11) is 0. The number of aryl methyl sites for hydroxylation is 2. The van der Waals surface area contributed by atoms with E-state index >= 15 is 0 Å². The molecule has 148 valence electrons. The molecule has 0 spiro atoms. The quantitative estimate of drug-likeness (QED) is 0.551. The highest BCUT2D eigenvalue weighted by atomic mass is 32.2. The summed E-state index contributed by atoms with van der Waals surface area (Å²) in [5, 5.41) is 8.24. The smallest absolute Gasteiger partial charge is 0.253 e. The minimum absolute atomic E-state index is 0.107. The number of hydrogen-bond acceptors (Lipinski definition) is 6. The van der Waals surface area contributed by atoms with Gasteiger partial charge in [-0.1, -0.05) is 18.2 Å². The maximum Gasteiger partial charge on any atom is 0.253 e. The van der Waals surface area contributed by atoms with Crippen LogP contribution < -0.4 is 5.32 Å². The zero-order valence-corrected chi connectivity index (χ0v) is 17.4. The standard InChI is InChI=1S/C19H30N6OS/c1-14-16(15(2)25-18(21-14)22-19(23-25)27-3)8-9-17(26)20-10-7-13-24-11-5-4-6-12-24/h4-13H2,1-3H3,(H,20,26). The molecule has 0 aliphatic carbocycles. The van der Waals surface area contributed by atoms with Crippen LogP contribution in [0.4, 0.5) is 0 Å². The van der Waals surface area contributed by atoms with Crippen LogP contribution in [0.3, 0.4) is 0 Å². The Hall–Kier alpha value is -1.67. The average molecular weight is 391 g/mol. The third kappa shape index (κ3) is 5.19. The first-order valence-electron chi connectivity index (χ1n) is 9.84. The molecule has 27 heavy (non-hydrogen) atoms. The van der Waals surface area contributed by atoms with E-state index in [1.807, 2.05) is 20.1 Å². The number of carbonyl (C=O) groups is 1. The monoisotopic (exact) mass is 390 g/mol. The fourth-order valence-electron chi connectivity index (χ4n) is 3.68. The first kappa shape index (κ1) is 20.1. The summed E-state index contributed by atoms with van der Waals surface area (Å²) in [6, 6.07) is 0. The van der Waals surface area contributed by atoms with Gasteiger partial charge in [-0.2, -0.15) is 4.98 Å². The summed E-state index contributed by atoms with van der Waals surface area (Å²) in [5.74, 6) is 0.733. The zero-order valence-electron chi connectivity index (χ0n) is 16.6. The van der Waals surface area contributed by atoms with Crippen molar-refractivity contribution in [3.63, 3.8) is 0 Å². The summed E-state index contributed by atoms with van der Waals surface area (Å²) in [5.41, 5.74) is 3.03. The van der Waals surface area contributed by atoms with Crippen molar-refractivity contribution in [2.75, 3.05) is 32.4 Å². The largest absolute Gasteiger partial charge is 0.356 e. The van der Waals surface area contributed by atoms with Gasteiger partial charge in [-0.05, 0) is 71.0 Å². The predicted octanol–water partition coefficient (Wildman–Crippen LogP) is 2.39. The lowest BCUT2D eigenvalue weighted by Crippen LogP contribution is -2.33. The van der Waals surface area contributed by atoms with Crippen molar-refractivity contribution >= 4 is 23.4 Å². The molecule has 1 amide bonds. The van der Waals surface area contributed by atoms with Crippen molar-refractivity contribution in [1.29, 1.82) is 0 Å². The van der Waals surface area contributed by atoms with Gasteiger partial charge in [0.15, 0.2) is 0 Å². The van der Waals surface area contributed by atoms with Gasteiger partial charge in [0.25, 0.3) is 5.78 Å². The summed E-state index contributed by atoms with van der Waals surface area (Å²) in [6.45, 7) is 8.26.